The van der Waals surface area contributed by atoms with Crippen molar-refractivity contribution < 1.29 is 74.2 Å². The summed E-state index contributed by atoms with van der Waals surface area (Å²) in [5, 5.41) is 11.3. The fourth-order valence-electron chi connectivity index (χ4n) is 3.45. The summed E-state index contributed by atoms with van der Waals surface area (Å²) in [6.45, 7) is 2.23. The van der Waals surface area contributed by atoms with Gasteiger partial charge in [0.15, 0.2) is 0 Å². The molecule has 0 aliphatic heterocycles. The van der Waals surface area contributed by atoms with E-state index in [0.29, 0.717) is 17.9 Å². The van der Waals surface area contributed by atoms with Gasteiger partial charge in [0, 0.05) is 0 Å². The first-order chi connectivity index (χ1) is 14.4. The van der Waals surface area contributed by atoms with Gasteiger partial charge in [0.2, 0.25) is 0 Å². The Morgan fingerprint density at radius 3 is 1.94 bits per heavy atom. The van der Waals surface area contributed by atoms with E-state index in [2.05, 4.69) is 6.92 Å². The maximum absolute atomic E-state index is 11.5. The Kier molecular flexibility index (Phi) is 14.2. The molecule has 0 aromatic heterocycles. The van der Waals surface area contributed by atoms with E-state index in [1.165, 1.54) is 69.2 Å². The molecule has 0 bridgehead atoms. The van der Waals surface area contributed by atoms with Crippen LogP contribution in [0, 0.1) is 0 Å². The van der Waals surface area contributed by atoms with E-state index in [0.717, 1.165) is 24.8 Å². The van der Waals surface area contributed by atoms with Gasteiger partial charge < -0.3 is 9.84 Å². The Morgan fingerprint density at radius 2 is 1.39 bits per heavy atom. The zero-order valence-electron chi connectivity index (χ0n) is 18.8. The second-order valence-corrected chi connectivity index (χ2v) is 9.17. The molecule has 7 heteroatoms. The molecule has 2 aromatic carbocycles. The van der Waals surface area contributed by atoms with Crippen molar-refractivity contribution in [2.45, 2.75) is 82.4 Å². The van der Waals surface area contributed by atoms with Crippen LogP contribution in [-0.4, -0.2) is 13.0 Å². The zero-order valence-corrected chi connectivity index (χ0v) is 22.7. The molecule has 0 saturated carbocycles. The Bertz CT molecular complexity index is 866. The molecule has 0 heterocycles. The summed E-state index contributed by atoms with van der Waals surface area (Å²) >= 11 is 0. The molecule has 0 atom stereocenters. The minimum absolute atomic E-state index is 0. The molecule has 0 radical (unpaired) electrons. The first-order valence-electron chi connectivity index (χ1n) is 11.0. The summed E-state index contributed by atoms with van der Waals surface area (Å²) in [7, 11) is -4.27. The van der Waals surface area contributed by atoms with E-state index in [-0.39, 0.29) is 62.0 Å². The summed E-state index contributed by atoms with van der Waals surface area (Å²) in [5.41, 5.74) is 0.732. The van der Waals surface area contributed by atoms with Gasteiger partial charge in [-0.15, -0.1) is 5.75 Å². The van der Waals surface area contributed by atoms with Gasteiger partial charge in [-0.3, -0.25) is 4.55 Å². The Balaban J connectivity index is 0.00000480. The van der Waals surface area contributed by atoms with E-state index < -0.39 is 10.1 Å². The first kappa shape index (κ1) is 28.6. The molecular weight excluding hydrogens is 439 g/mol. The van der Waals surface area contributed by atoms with Crippen LogP contribution >= 0.6 is 0 Å². The number of hydrogen-bond acceptors (Lipinski definition) is 4. The molecule has 166 valence electrons. The van der Waals surface area contributed by atoms with E-state index >= 15 is 0 Å². The van der Waals surface area contributed by atoms with Gasteiger partial charge in [0.1, 0.15) is 11.5 Å². The van der Waals surface area contributed by atoms with Crippen molar-refractivity contribution >= 4 is 10.1 Å². The fourth-order valence-corrected chi connectivity index (χ4v) is 3.98. The Labute approximate surface area is 229 Å². The predicted octanol–water partition coefficient (Wildman–Crippen LogP) is 3.27. The monoisotopic (exact) mass is 472 g/mol. The van der Waals surface area contributed by atoms with Crippen molar-refractivity contribution in [3.8, 4) is 17.2 Å². The van der Waals surface area contributed by atoms with Gasteiger partial charge in [-0.05, 0) is 48.7 Å². The van der Waals surface area contributed by atoms with Crippen molar-refractivity contribution in [1.82, 2.24) is 0 Å². The minimum Gasteiger partial charge on any atom is -0.872 e. The predicted molar refractivity (Wildman–Crippen MR) is 118 cm³/mol. The summed E-state index contributed by atoms with van der Waals surface area (Å²) < 4.78 is 38.3. The molecular formula is C24H33KO5S. The first-order valence-corrected chi connectivity index (χ1v) is 12.4. The topological polar surface area (TPSA) is 86.7 Å². The van der Waals surface area contributed by atoms with E-state index in [9.17, 15) is 18.1 Å². The number of rotatable bonds is 14. The van der Waals surface area contributed by atoms with Gasteiger partial charge in [0.05, 0.1) is 4.90 Å². The summed E-state index contributed by atoms with van der Waals surface area (Å²) in [6, 6.07) is 10.4. The van der Waals surface area contributed by atoms with Gasteiger partial charge >= 0.3 is 51.4 Å². The Hall–Kier alpha value is -0.414. The van der Waals surface area contributed by atoms with Crippen LogP contribution in [0.15, 0.2) is 47.4 Å². The van der Waals surface area contributed by atoms with Crippen LogP contribution in [0.5, 0.6) is 17.2 Å². The third kappa shape index (κ3) is 11.3. The smallest absolute Gasteiger partial charge is 0.872 e. The molecule has 1 N–H and O–H groups in total. The standard InChI is InChI=1S/C24H34O5S.K/c1-2-3-4-5-6-7-8-9-10-11-12-20-19-23(30(26,27)28)17-18-24(20)29-22-15-13-21(25)14-16-22;/h13-19,25H,2-12H2,1H3,(H,26,27,28);/q;+1/p-1. The SMILES string of the molecule is CCCCCCCCCCCCc1cc(S(=O)(=O)O)ccc1Oc1ccc([O-])cc1.[K+]. The average molecular weight is 473 g/mol. The third-order valence-corrected chi connectivity index (χ3v) is 6.03. The largest absolute Gasteiger partial charge is 1.00 e. The molecule has 5 nitrogen and oxygen atoms in total. The molecule has 0 aliphatic carbocycles. The zero-order chi connectivity index (χ0) is 21.8. The number of hydrogen-bond donors (Lipinski definition) is 1. The van der Waals surface area contributed by atoms with Crippen LogP contribution in [0.1, 0.15) is 76.7 Å². The van der Waals surface area contributed by atoms with Crippen molar-refractivity contribution in [2.24, 2.45) is 0 Å². The quantitative estimate of drug-likeness (QED) is 0.259. The van der Waals surface area contributed by atoms with Crippen LogP contribution in [0.4, 0.5) is 0 Å². The van der Waals surface area contributed by atoms with E-state index in [4.69, 9.17) is 4.74 Å². The number of aryl methyl sites for hydroxylation is 1. The average Bonchev–Trinajstić information content (AvgIpc) is 2.71. The number of unbranched alkanes of at least 4 members (excludes halogenated alkanes) is 9. The van der Waals surface area contributed by atoms with Crippen LogP contribution in [0.25, 0.3) is 0 Å². The van der Waals surface area contributed by atoms with E-state index in [1.807, 2.05) is 0 Å². The van der Waals surface area contributed by atoms with Gasteiger partial charge in [-0.25, -0.2) is 0 Å². The van der Waals surface area contributed by atoms with Crippen molar-refractivity contribution in [1.29, 1.82) is 0 Å². The third-order valence-electron chi connectivity index (χ3n) is 5.18. The van der Waals surface area contributed by atoms with Gasteiger partial charge in [-0.2, -0.15) is 8.42 Å². The summed E-state index contributed by atoms with van der Waals surface area (Å²) in [5.74, 6) is 0.949. The van der Waals surface area contributed by atoms with Crippen LogP contribution < -0.4 is 61.2 Å². The molecule has 0 fully saturated rings. The maximum Gasteiger partial charge on any atom is 1.00 e. The summed E-state index contributed by atoms with van der Waals surface area (Å²) in [4.78, 5) is -0.133. The normalized spacial score (nSPS) is 11.2. The molecule has 2 rings (SSSR count). The number of ether oxygens (including phenoxy) is 1. The van der Waals surface area contributed by atoms with E-state index in [1.54, 1.807) is 18.2 Å². The molecule has 0 saturated heterocycles. The molecule has 31 heavy (non-hydrogen) atoms. The van der Waals surface area contributed by atoms with Crippen LogP contribution in [0.2, 0.25) is 0 Å². The Morgan fingerprint density at radius 1 is 0.839 bits per heavy atom. The molecule has 0 spiro atoms. The second kappa shape index (κ2) is 15.4. The second-order valence-electron chi connectivity index (χ2n) is 7.75. The molecule has 0 unspecified atom stereocenters. The van der Waals surface area contributed by atoms with Crippen LogP contribution in [0.3, 0.4) is 0 Å². The van der Waals surface area contributed by atoms with Crippen LogP contribution in [-0.2, 0) is 16.5 Å². The number of benzene rings is 2. The maximum atomic E-state index is 11.5. The molecule has 2 aromatic rings. The van der Waals surface area contributed by atoms with Gasteiger partial charge in [-0.1, -0.05) is 76.8 Å². The molecule has 0 amide bonds. The minimum atomic E-state index is -4.27. The van der Waals surface area contributed by atoms with Crippen molar-refractivity contribution in [2.75, 3.05) is 0 Å². The summed E-state index contributed by atoms with van der Waals surface area (Å²) in [6.07, 6.45) is 12.9. The molecule has 0 aliphatic rings. The van der Waals surface area contributed by atoms with Gasteiger partial charge in [0.25, 0.3) is 10.1 Å². The van der Waals surface area contributed by atoms with Crippen molar-refractivity contribution in [3.05, 3.63) is 48.0 Å². The fraction of sp³-hybridized carbons (Fsp3) is 0.500. The van der Waals surface area contributed by atoms with Crippen molar-refractivity contribution in [3.63, 3.8) is 0 Å².